The molecule has 0 radical (unpaired) electrons. The summed E-state index contributed by atoms with van der Waals surface area (Å²) in [6.45, 7) is 4.09. The van der Waals surface area contributed by atoms with Gasteiger partial charge in [-0.1, -0.05) is 0 Å². The van der Waals surface area contributed by atoms with Crippen molar-refractivity contribution in [1.29, 1.82) is 0 Å². The van der Waals surface area contributed by atoms with Gasteiger partial charge >= 0.3 is 0 Å². The van der Waals surface area contributed by atoms with Crippen molar-refractivity contribution in [2.75, 3.05) is 46.9 Å². The molecule has 0 aliphatic carbocycles. The van der Waals surface area contributed by atoms with Gasteiger partial charge in [0.05, 0.1) is 12.9 Å². The van der Waals surface area contributed by atoms with E-state index in [2.05, 4.69) is 15.2 Å². The van der Waals surface area contributed by atoms with Crippen LogP contribution in [0.3, 0.4) is 0 Å². The van der Waals surface area contributed by atoms with Crippen molar-refractivity contribution in [2.24, 2.45) is 5.73 Å². The molecule has 0 aliphatic rings. The normalized spacial score (nSPS) is 10.9. The highest BCUT2D eigenvalue weighted by atomic mass is 16.5. The van der Waals surface area contributed by atoms with Crippen LogP contribution in [0.15, 0.2) is 12.5 Å². The van der Waals surface area contributed by atoms with Crippen molar-refractivity contribution in [3.63, 3.8) is 0 Å². The van der Waals surface area contributed by atoms with E-state index < -0.39 is 0 Å². The number of hydrogen-bond acceptors (Lipinski definition) is 5. The molecule has 0 spiro atoms. The number of nitrogens with two attached hydrogens (primary N) is 1. The molecule has 1 aromatic heterocycles. The van der Waals surface area contributed by atoms with Crippen molar-refractivity contribution < 1.29 is 9.53 Å². The van der Waals surface area contributed by atoms with Gasteiger partial charge in [-0.25, -0.2) is 4.98 Å². The summed E-state index contributed by atoms with van der Waals surface area (Å²) in [6.07, 6.45) is 3.32. The maximum absolute atomic E-state index is 11.8. The maximum Gasteiger partial charge on any atom is 0.271 e. The fourth-order valence-electron chi connectivity index (χ4n) is 1.56. The first-order valence-electron chi connectivity index (χ1n) is 6.35. The van der Waals surface area contributed by atoms with E-state index >= 15 is 0 Å². The summed E-state index contributed by atoms with van der Waals surface area (Å²) in [5.74, 6) is -0.157. The number of methoxy groups -OCH3 is 1. The lowest BCUT2D eigenvalue weighted by molar-refractivity contribution is 0.0943. The lowest BCUT2D eigenvalue weighted by Crippen LogP contribution is -2.34. The van der Waals surface area contributed by atoms with Crippen LogP contribution in [0.25, 0.3) is 0 Å². The van der Waals surface area contributed by atoms with Crippen molar-refractivity contribution in [3.8, 4) is 0 Å². The highest BCUT2D eigenvalue weighted by Crippen LogP contribution is 1.95. The first kappa shape index (κ1) is 15.6. The number of imidazole rings is 1. The number of likely N-dealkylation sites (N-methyl/N-ethyl adjacent to an activating group) is 1. The minimum absolute atomic E-state index is 0.157. The lowest BCUT2D eigenvalue weighted by atomic mass is 10.4. The molecule has 0 saturated heterocycles. The smallest absolute Gasteiger partial charge is 0.271 e. The predicted octanol–water partition coefficient (Wildman–Crippen LogP) is -0.850. The standard InChI is InChI=1S/C12H23N5O2/c1-16(7-8-19-2)6-4-14-12(18)11-9-17(5-3-13)10-15-11/h9-10H,3-8,13H2,1-2H3,(H,14,18). The summed E-state index contributed by atoms with van der Waals surface area (Å²) >= 11 is 0. The number of nitrogens with zero attached hydrogens (tertiary/aromatic N) is 3. The van der Waals surface area contributed by atoms with Crippen LogP contribution < -0.4 is 11.1 Å². The molecular weight excluding hydrogens is 246 g/mol. The molecule has 0 aliphatic heterocycles. The third-order valence-corrected chi connectivity index (χ3v) is 2.71. The van der Waals surface area contributed by atoms with Crippen LogP contribution in [0, 0.1) is 0 Å². The van der Waals surface area contributed by atoms with Crippen LogP contribution in [-0.2, 0) is 11.3 Å². The van der Waals surface area contributed by atoms with Crippen LogP contribution in [0.1, 0.15) is 10.5 Å². The van der Waals surface area contributed by atoms with Crippen LogP contribution in [-0.4, -0.2) is 67.3 Å². The Balaban J connectivity index is 2.26. The summed E-state index contributed by atoms with van der Waals surface area (Å²) in [5, 5.41) is 2.83. The summed E-state index contributed by atoms with van der Waals surface area (Å²) in [6, 6.07) is 0. The van der Waals surface area contributed by atoms with E-state index in [1.165, 1.54) is 0 Å². The van der Waals surface area contributed by atoms with Crippen molar-refractivity contribution in [3.05, 3.63) is 18.2 Å². The Hall–Kier alpha value is -1.44. The highest BCUT2D eigenvalue weighted by molar-refractivity contribution is 5.91. The Morgan fingerprint density at radius 3 is 3.05 bits per heavy atom. The zero-order valence-electron chi connectivity index (χ0n) is 11.6. The second-order valence-corrected chi connectivity index (χ2v) is 4.34. The molecule has 3 N–H and O–H groups in total. The molecular formula is C12H23N5O2. The van der Waals surface area contributed by atoms with Crippen LogP contribution >= 0.6 is 0 Å². The minimum Gasteiger partial charge on any atom is -0.383 e. The van der Waals surface area contributed by atoms with Gasteiger partial charge in [0.25, 0.3) is 5.91 Å². The van der Waals surface area contributed by atoms with Crippen molar-refractivity contribution in [1.82, 2.24) is 19.8 Å². The summed E-state index contributed by atoms with van der Waals surface area (Å²) in [7, 11) is 3.66. The van der Waals surface area contributed by atoms with Gasteiger partial charge in [0.1, 0.15) is 5.69 Å². The van der Waals surface area contributed by atoms with Gasteiger partial charge in [-0.15, -0.1) is 0 Å². The molecule has 7 heteroatoms. The molecule has 0 saturated carbocycles. The van der Waals surface area contributed by atoms with Crippen LogP contribution in [0.2, 0.25) is 0 Å². The maximum atomic E-state index is 11.8. The molecule has 1 heterocycles. The van der Waals surface area contributed by atoms with Gasteiger partial charge in [-0.2, -0.15) is 0 Å². The molecule has 1 aromatic rings. The topological polar surface area (TPSA) is 85.4 Å². The summed E-state index contributed by atoms with van der Waals surface area (Å²) in [4.78, 5) is 17.9. The summed E-state index contributed by atoms with van der Waals surface area (Å²) in [5.41, 5.74) is 5.86. The van der Waals surface area contributed by atoms with Gasteiger partial charge < -0.3 is 25.3 Å². The number of rotatable bonds is 9. The molecule has 0 bridgehead atoms. The van der Waals surface area contributed by atoms with E-state index in [0.29, 0.717) is 31.9 Å². The number of carbonyl (C=O) groups is 1. The number of carbonyl (C=O) groups excluding carboxylic acids is 1. The third kappa shape index (κ3) is 5.82. The van der Waals surface area contributed by atoms with E-state index in [9.17, 15) is 4.79 Å². The molecule has 0 unspecified atom stereocenters. The Kier molecular flexibility index (Phi) is 7.09. The van der Waals surface area contributed by atoms with E-state index in [-0.39, 0.29) is 5.91 Å². The zero-order chi connectivity index (χ0) is 14.1. The molecule has 7 nitrogen and oxygen atoms in total. The molecule has 0 aromatic carbocycles. The van der Waals surface area contributed by atoms with Crippen molar-refractivity contribution >= 4 is 5.91 Å². The SMILES string of the molecule is COCCN(C)CCNC(=O)c1cn(CCN)cn1. The zero-order valence-corrected chi connectivity index (χ0v) is 11.6. The highest BCUT2D eigenvalue weighted by Gasteiger charge is 2.08. The molecule has 108 valence electrons. The Labute approximate surface area is 113 Å². The quantitative estimate of drug-likeness (QED) is 0.610. The Bertz CT molecular complexity index is 380. The third-order valence-electron chi connectivity index (χ3n) is 2.71. The monoisotopic (exact) mass is 269 g/mol. The average Bonchev–Trinajstić information content (AvgIpc) is 2.85. The molecule has 1 amide bonds. The summed E-state index contributed by atoms with van der Waals surface area (Å²) < 4.78 is 6.79. The number of nitrogens with one attached hydrogen (secondary N) is 1. The Morgan fingerprint density at radius 1 is 1.58 bits per heavy atom. The number of ether oxygens (including phenoxy) is 1. The number of hydrogen-bond donors (Lipinski definition) is 2. The van der Waals surface area contributed by atoms with Crippen LogP contribution in [0.5, 0.6) is 0 Å². The van der Waals surface area contributed by atoms with E-state index in [0.717, 1.165) is 13.1 Å². The predicted molar refractivity (Wildman–Crippen MR) is 73.0 cm³/mol. The van der Waals surface area contributed by atoms with E-state index in [1.54, 1.807) is 24.2 Å². The van der Waals surface area contributed by atoms with Gasteiger partial charge in [0, 0.05) is 46.0 Å². The van der Waals surface area contributed by atoms with Gasteiger partial charge in [-0.05, 0) is 7.05 Å². The lowest BCUT2D eigenvalue weighted by Gasteiger charge is -2.15. The van der Waals surface area contributed by atoms with E-state index in [1.807, 2.05) is 7.05 Å². The van der Waals surface area contributed by atoms with Crippen molar-refractivity contribution in [2.45, 2.75) is 6.54 Å². The van der Waals surface area contributed by atoms with Gasteiger partial charge in [-0.3, -0.25) is 4.79 Å². The molecule has 0 atom stereocenters. The second-order valence-electron chi connectivity index (χ2n) is 4.34. The largest absolute Gasteiger partial charge is 0.383 e. The molecule has 0 fully saturated rings. The van der Waals surface area contributed by atoms with E-state index in [4.69, 9.17) is 10.5 Å². The van der Waals surface area contributed by atoms with Gasteiger partial charge in [0.15, 0.2) is 0 Å². The second kappa shape index (κ2) is 8.63. The first-order chi connectivity index (χ1) is 9.17. The fourth-order valence-corrected chi connectivity index (χ4v) is 1.56. The van der Waals surface area contributed by atoms with Crippen LogP contribution in [0.4, 0.5) is 0 Å². The van der Waals surface area contributed by atoms with Gasteiger partial charge in [0.2, 0.25) is 0 Å². The average molecular weight is 269 g/mol. The Morgan fingerprint density at radius 2 is 2.37 bits per heavy atom. The fraction of sp³-hybridized carbons (Fsp3) is 0.667. The first-order valence-corrected chi connectivity index (χ1v) is 6.35. The number of amides is 1. The minimum atomic E-state index is -0.157. The number of aromatic nitrogens is 2. The molecule has 1 rings (SSSR count). The molecule has 19 heavy (non-hydrogen) atoms.